The van der Waals surface area contributed by atoms with Crippen LogP contribution in [0.5, 0.6) is 0 Å². The van der Waals surface area contributed by atoms with Gasteiger partial charge in [0.25, 0.3) is 0 Å². The molecule has 15 heavy (non-hydrogen) atoms. The van der Waals surface area contributed by atoms with Crippen LogP contribution in [0.4, 0.5) is 5.82 Å². The van der Waals surface area contributed by atoms with Gasteiger partial charge in [-0.05, 0) is 20.3 Å². The highest BCUT2D eigenvalue weighted by atomic mass is 32.2. The van der Waals surface area contributed by atoms with E-state index in [4.69, 9.17) is 5.73 Å². The van der Waals surface area contributed by atoms with Crippen molar-refractivity contribution in [1.82, 2.24) is 15.0 Å². The van der Waals surface area contributed by atoms with Crippen LogP contribution < -0.4 is 5.73 Å². The Kier molecular flexibility index (Phi) is 3.33. The summed E-state index contributed by atoms with van der Waals surface area (Å²) in [6.07, 6.45) is 0.828. The molecule has 7 heteroatoms. The number of hydrogen-bond donors (Lipinski definition) is 1. The van der Waals surface area contributed by atoms with Crippen LogP contribution in [0.3, 0.4) is 0 Å². The second-order valence-electron chi connectivity index (χ2n) is 3.60. The Bertz CT molecular complexity index is 435. The molecule has 86 valence electrons. The average Bonchev–Trinajstić information content (AvgIpc) is 2.49. The van der Waals surface area contributed by atoms with Crippen molar-refractivity contribution < 1.29 is 8.42 Å². The van der Waals surface area contributed by atoms with Crippen molar-refractivity contribution >= 4 is 15.7 Å². The second kappa shape index (κ2) is 4.18. The molecule has 0 unspecified atom stereocenters. The SMILES string of the molecule is CCCn1nnc(S(=O)(=O)C(C)C)c1N. The monoisotopic (exact) mass is 232 g/mol. The molecule has 0 radical (unpaired) electrons. The number of sulfone groups is 1. The molecule has 0 atom stereocenters. The molecule has 1 rings (SSSR count). The minimum absolute atomic E-state index is 0.106. The zero-order valence-corrected chi connectivity index (χ0v) is 9.95. The summed E-state index contributed by atoms with van der Waals surface area (Å²) in [6, 6.07) is 0. The summed E-state index contributed by atoms with van der Waals surface area (Å²) >= 11 is 0. The molecule has 0 fully saturated rings. The van der Waals surface area contributed by atoms with E-state index in [0.717, 1.165) is 6.42 Å². The molecule has 0 aromatic carbocycles. The lowest BCUT2D eigenvalue weighted by atomic mass is 10.5. The highest BCUT2D eigenvalue weighted by Gasteiger charge is 2.26. The standard InChI is InChI=1S/C8H16N4O2S/c1-4-5-12-7(9)8(10-11-12)15(13,14)6(2)3/h6H,4-5,9H2,1-3H3. The maximum absolute atomic E-state index is 11.8. The van der Waals surface area contributed by atoms with Gasteiger partial charge < -0.3 is 5.73 Å². The van der Waals surface area contributed by atoms with E-state index < -0.39 is 15.1 Å². The van der Waals surface area contributed by atoms with Crippen LogP contribution in [0.15, 0.2) is 5.03 Å². The van der Waals surface area contributed by atoms with E-state index in [1.807, 2.05) is 6.92 Å². The third-order valence-corrected chi connectivity index (χ3v) is 4.14. The number of aryl methyl sites for hydroxylation is 1. The van der Waals surface area contributed by atoms with Crippen molar-refractivity contribution in [3.05, 3.63) is 0 Å². The highest BCUT2D eigenvalue weighted by Crippen LogP contribution is 2.19. The first-order valence-electron chi connectivity index (χ1n) is 4.84. The molecule has 0 saturated carbocycles. The molecule has 1 heterocycles. The van der Waals surface area contributed by atoms with Crippen molar-refractivity contribution in [2.75, 3.05) is 5.73 Å². The molecule has 0 spiro atoms. The summed E-state index contributed by atoms with van der Waals surface area (Å²) in [5.41, 5.74) is 5.67. The number of nitrogens with two attached hydrogens (primary N) is 1. The lowest BCUT2D eigenvalue weighted by Gasteiger charge is -2.05. The molecule has 0 amide bonds. The van der Waals surface area contributed by atoms with Gasteiger partial charge in [-0.2, -0.15) is 0 Å². The van der Waals surface area contributed by atoms with Gasteiger partial charge in [0, 0.05) is 6.54 Å². The molecular weight excluding hydrogens is 216 g/mol. The van der Waals surface area contributed by atoms with Crippen LogP contribution in [0.2, 0.25) is 0 Å². The molecule has 0 aliphatic rings. The van der Waals surface area contributed by atoms with Crippen LogP contribution in [0.1, 0.15) is 27.2 Å². The van der Waals surface area contributed by atoms with Crippen molar-refractivity contribution in [2.24, 2.45) is 0 Å². The summed E-state index contributed by atoms with van der Waals surface area (Å²) in [7, 11) is -3.42. The normalized spacial score (nSPS) is 12.3. The third kappa shape index (κ3) is 2.11. The van der Waals surface area contributed by atoms with Crippen LogP contribution in [-0.4, -0.2) is 28.7 Å². The Morgan fingerprint density at radius 1 is 1.47 bits per heavy atom. The lowest BCUT2D eigenvalue weighted by molar-refractivity contribution is 0.580. The fourth-order valence-corrected chi connectivity index (χ4v) is 2.10. The Morgan fingerprint density at radius 2 is 2.07 bits per heavy atom. The molecule has 0 bridgehead atoms. The molecule has 2 N–H and O–H groups in total. The largest absolute Gasteiger partial charge is 0.381 e. The molecule has 1 aromatic heterocycles. The Hall–Kier alpha value is -1.11. The molecular formula is C8H16N4O2S. The van der Waals surface area contributed by atoms with E-state index in [2.05, 4.69) is 10.3 Å². The van der Waals surface area contributed by atoms with Crippen molar-refractivity contribution in [3.8, 4) is 0 Å². The highest BCUT2D eigenvalue weighted by molar-refractivity contribution is 7.92. The first-order chi connectivity index (χ1) is 6.91. The minimum Gasteiger partial charge on any atom is -0.381 e. The van der Waals surface area contributed by atoms with Gasteiger partial charge in [0.15, 0.2) is 5.82 Å². The van der Waals surface area contributed by atoms with Gasteiger partial charge in [-0.25, -0.2) is 13.1 Å². The first kappa shape index (κ1) is 12.0. The predicted octanol–water partition coefficient (Wildman–Crippen LogP) is 0.452. The average molecular weight is 232 g/mol. The van der Waals surface area contributed by atoms with Gasteiger partial charge >= 0.3 is 0 Å². The zero-order valence-electron chi connectivity index (χ0n) is 9.14. The van der Waals surface area contributed by atoms with Crippen molar-refractivity contribution in [1.29, 1.82) is 0 Å². The minimum atomic E-state index is -3.42. The van der Waals surface area contributed by atoms with Gasteiger partial charge in [0.2, 0.25) is 14.9 Å². The van der Waals surface area contributed by atoms with Gasteiger partial charge in [0.1, 0.15) is 0 Å². The molecule has 0 aliphatic carbocycles. The summed E-state index contributed by atoms with van der Waals surface area (Å²) in [6.45, 7) is 5.71. The predicted molar refractivity (Wildman–Crippen MR) is 57.0 cm³/mol. The third-order valence-electron chi connectivity index (χ3n) is 2.07. The van der Waals surface area contributed by atoms with Crippen LogP contribution in [-0.2, 0) is 16.4 Å². The maximum atomic E-state index is 11.8. The van der Waals surface area contributed by atoms with Crippen LogP contribution in [0.25, 0.3) is 0 Å². The lowest BCUT2D eigenvalue weighted by Crippen LogP contribution is -2.16. The summed E-state index contributed by atoms with van der Waals surface area (Å²) in [5.74, 6) is 0.130. The molecule has 0 aliphatic heterocycles. The summed E-state index contributed by atoms with van der Waals surface area (Å²) in [4.78, 5) is 0. The number of nitrogens with zero attached hydrogens (tertiary/aromatic N) is 3. The van der Waals surface area contributed by atoms with Gasteiger partial charge in [-0.3, -0.25) is 0 Å². The molecule has 6 nitrogen and oxygen atoms in total. The fourth-order valence-electron chi connectivity index (χ4n) is 1.11. The Morgan fingerprint density at radius 3 is 2.53 bits per heavy atom. The molecule has 0 saturated heterocycles. The number of aromatic nitrogens is 3. The first-order valence-corrected chi connectivity index (χ1v) is 6.38. The van der Waals surface area contributed by atoms with E-state index in [1.54, 1.807) is 13.8 Å². The van der Waals surface area contributed by atoms with E-state index in [1.165, 1.54) is 4.68 Å². The maximum Gasteiger partial charge on any atom is 0.221 e. The van der Waals surface area contributed by atoms with Crippen molar-refractivity contribution in [2.45, 2.75) is 44.0 Å². The van der Waals surface area contributed by atoms with E-state index in [0.29, 0.717) is 6.54 Å². The fraction of sp³-hybridized carbons (Fsp3) is 0.750. The number of nitrogen functional groups attached to an aromatic ring is 1. The number of anilines is 1. The quantitative estimate of drug-likeness (QED) is 0.814. The van der Waals surface area contributed by atoms with Crippen molar-refractivity contribution in [3.63, 3.8) is 0 Å². The summed E-state index contributed by atoms with van der Waals surface area (Å²) in [5, 5.41) is 6.70. The second-order valence-corrected chi connectivity index (χ2v) is 6.02. The van der Waals surface area contributed by atoms with Crippen LogP contribution >= 0.6 is 0 Å². The van der Waals surface area contributed by atoms with Gasteiger partial charge in [-0.1, -0.05) is 12.1 Å². The Balaban J connectivity index is 3.18. The Labute approximate surface area is 89.4 Å². The van der Waals surface area contributed by atoms with E-state index >= 15 is 0 Å². The van der Waals surface area contributed by atoms with Gasteiger partial charge in [-0.15, -0.1) is 5.10 Å². The number of rotatable bonds is 4. The smallest absolute Gasteiger partial charge is 0.221 e. The van der Waals surface area contributed by atoms with E-state index in [-0.39, 0.29) is 10.8 Å². The number of hydrogen-bond acceptors (Lipinski definition) is 5. The summed E-state index contributed by atoms with van der Waals surface area (Å²) < 4.78 is 25.0. The van der Waals surface area contributed by atoms with Crippen LogP contribution in [0, 0.1) is 0 Å². The zero-order chi connectivity index (χ0) is 11.6. The topological polar surface area (TPSA) is 90.9 Å². The van der Waals surface area contributed by atoms with Gasteiger partial charge in [0.05, 0.1) is 5.25 Å². The van der Waals surface area contributed by atoms with E-state index in [9.17, 15) is 8.42 Å². The molecule has 1 aromatic rings.